The van der Waals surface area contributed by atoms with Crippen molar-refractivity contribution in [2.75, 3.05) is 25.1 Å². The molecule has 4 rings (SSSR count). The van der Waals surface area contributed by atoms with Crippen LogP contribution in [0.5, 0.6) is 5.75 Å². The third-order valence-electron chi connectivity index (χ3n) is 8.57. The number of rotatable bonds is 12. The molecule has 6 atom stereocenters. The monoisotopic (exact) mass is 545 g/mol. The van der Waals surface area contributed by atoms with Gasteiger partial charge in [-0.3, -0.25) is 14.4 Å². The Morgan fingerprint density at radius 1 is 1.16 bits per heavy atom. The number of benzene rings is 1. The number of aliphatic hydroxyl groups is 1. The Labute approximate surface area is 230 Å². The topological polar surface area (TPSA) is 108 Å². The van der Waals surface area contributed by atoms with Gasteiger partial charge in [-0.1, -0.05) is 33.6 Å². The van der Waals surface area contributed by atoms with E-state index in [0.717, 1.165) is 31.4 Å². The summed E-state index contributed by atoms with van der Waals surface area (Å²) in [5.74, 6) is -1.05. The Morgan fingerprint density at radius 3 is 2.47 bits per heavy atom. The summed E-state index contributed by atoms with van der Waals surface area (Å²) < 4.78 is 4.37. The van der Waals surface area contributed by atoms with Crippen LogP contribution >= 0.6 is 11.8 Å². The van der Waals surface area contributed by atoms with E-state index in [1.54, 1.807) is 28.8 Å². The van der Waals surface area contributed by atoms with Crippen molar-refractivity contribution < 1.29 is 24.2 Å². The molecule has 0 aliphatic carbocycles. The molecule has 3 heterocycles. The molecule has 3 aliphatic rings. The summed E-state index contributed by atoms with van der Waals surface area (Å²) in [6.07, 6.45) is 4.40. The highest BCUT2D eigenvalue weighted by molar-refractivity contribution is 8.02. The number of amides is 3. The highest BCUT2D eigenvalue weighted by Crippen LogP contribution is 2.71. The number of carbonyl (C=O) groups is 3. The number of likely N-dealkylation sites (tertiary alicyclic amines) is 1. The highest BCUT2D eigenvalue weighted by Gasteiger charge is 2.77. The van der Waals surface area contributed by atoms with Crippen LogP contribution in [0.3, 0.4) is 0 Å². The zero-order valence-electron chi connectivity index (χ0n) is 23.3. The third kappa shape index (κ3) is 4.92. The smallest absolute Gasteiger partial charge is 0.244 e. The van der Waals surface area contributed by atoms with Crippen molar-refractivity contribution >= 4 is 35.2 Å². The molecule has 9 heteroatoms. The third-order valence-corrected chi connectivity index (χ3v) is 10.6. The minimum Gasteiger partial charge on any atom is -0.494 e. The van der Waals surface area contributed by atoms with Gasteiger partial charge in [-0.15, -0.1) is 11.8 Å². The largest absolute Gasteiger partial charge is 0.494 e. The minimum atomic E-state index is -0.712. The Balaban J connectivity index is 1.65. The number of ether oxygens (including phenoxy) is 1. The molecule has 1 spiro atoms. The quantitative estimate of drug-likeness (QED) is 0.345. The predicted octanol–water partition coefficient (Wildman–Crippen LogP) is 3.83. The van der Waals surface area contributed by atoms with Gasteiger partial charge in [-0.2, -0.15) is 0 Å². The first-order valence-corrected chi connectivity index (χ1v) is 14.9. The summed E-state index contributed by atoms with van der Waals surface area (Å²) in [6, 6.07) is 6.03. The van der Waals surface area contributed by atoms with Crippen molar-refractivity contribution in [2.24, 2.45) is 17.8 Å². The number of nitrogens with zero attached hydrogens (tertiary/aromatic N) is 1. The number of anilines is 1. The predicted molar refractivity (Wildman–Crippen MR) is 150 cm³/mol. The molecule has 38 heavy (non-hydrogen) atoms. The SMILES string of the molecule is CCCCCNC(=O)C1N([C@@H](CO)C(C)C)C(=O)[C@@H]2[C@@H](C(=O)Nc3ccc(OCC)cc3)[C@@]3(C)CCC12S3. The molecular weight excluding hydrogens is 502 g/mol. The number of hydrogen-bond acceptors (Lipinski definition) is 6. The normalized spacial score (nSPS) is 30.4. The van der Waals surface area contributed by atoms with Crippen molar-refractivity contribution in [1.82, 2.24) is 10.2 Å². The van der Waals surface area contributed by atoms with E-state index in [9.17, 15) is 19.5 Å². The van der Waals surface area contributed by atoms with Crippen molar-refractivity contribution in [1.29, 1.82) is 0 Å². The fourth-order valence-corrected chi connectivity index (χ4v) is 9.09. The molecule has 1 aromatic carbocycles. The number of unbranched alkanes of at least 4 members (excludes halogenated alkanes) is 2. The number of carbonyl (C=O) groups excluding carboxylic acids is 3. The number of hydrogen-bond donors (Lipinski definition) is 3. The molecule has 8 nitrogen and oxygen atoms in total. The van der Waals surface area contributed by atoms with Crippen LogP contribution < -0.4 is 15.4 Å². The molecule has 0 radical (unpaired) electrons. The van der Waals surface area contributed by atoms with Crippen LogP contribution in [0.2, 0.25) is 0 Å². The van der Waals surface area contributed by atoms with Crippen molar-refractivity contribution in [2.45, 2.75) is 88.3 Å². The first-order chi connectivity index (χ1) is 18.1. The van der Waals surface area contributed by atoms with Crippen LogP contribution in [-0.2, 0) is 14.4 Å². The van der Waals surface area contributed by atoms with Crippen LogP contribution in [-0.4, -0.2) is 69.1 Å². The molecular formula is C29H43N3O5S. The van der Waals surface area contributed by atoms with Gasteiger partial charge in [0.15, 0.2) is 0 Å². The summed E-state index contributed by atoms with van der Waals surface area (Å²) in [4.78, 5) is 43.5. The van der Waals surface area contributed by atoms with Crippen LogP contribution in [0.1, 0.15) is 66.7 Å². The average Bonchev–Trinajstić information content (AvgIpc) is 3.44. The van der Waals surface area contributed by atoms with Gasteiger partial charge in [0.25, 0.3) is 0 Å². The van der Waals surface area contributed by atoms with E-state index >= 15 is 0 Å². The Kier molecular flexibility index (Phi) is 8.67. The second kappa shape index (κ2) is 11.5. The Bertz CT molecular complexity index is 1030. The number of aliphatic hydroxyl groups excluding tert-OH is 1. The van der Waals surface area contributed by atoms with Crippen molar-refractivity contribution in [3.8, 4) is 5.75 Å². The van der Waals surface area contributed by atoms with E-state index in [2.05, 4.69) is 24.5 Å². The molecule has 3 saturated heterocycles. The molecule has 3 amide bonds. The molecule has 0 saturated carbocycles. The lowest BCUT2D eigenvalue weighted by Gasteiger charge is -2.38. The Morgan fingerprint density at radius 2 is 1.87 bits per heavy atom. The van der Waals surface area contributed by atoms with Gasteiger partial charge in [-0.05, 0) is 63.3 Å². The maximum atomic E-state index is 14.2. The molecule has 3 N–H and O–H groups in total. The Hall–Kier alpha value is -2.26. The lowest BCUT2D eigenvalue weighted by atomic mass is 9.66. The number of thioether (sulfide) groups is 1. The van der Waals surface area contributed by atoms with E-state index < -0.39 is 33.4 Å². The van der Waals surface area contributed by atoms with Crippen LogP contribution in [0.4, 0.5) is 5.69 Å². The summed E-state index contributed by atoms with van der Waals surface area (Å²) >= 11 is 1.65. The number of fused-ring (bicyclic) bond motifs is 1. The van der Waals surface area contributed by atoms with Gasteiger partial charge in [0.05, 0.1) is 35.8 Å². The van der Waals surface area contributed by atoms with Crippen molar-refractivity contribution in [3.63, 3.8) is 0 Å². The second-order valence-corrected chi connectivity index (χ2v) is 13.3. The summed E-state index contributed by atoms with van der Waals surface area (Å²) in [6.45, 7) is 10.9. The van der Waals surface area contributed by atoms with E-state index in [-0.39, 0.29) is 30.2 Å². The van der Waals surface area contributed by atoms with Gasteiger partial charge in [-0.25, -0.2) is 0 Å². The molecule has 3 fully saturated rings. The summed E-state index contributed by atoms with van der Waals surface area (Å²) in [7, 11) is 0. The fraction of sp³-hybridized carbons (Fsp3) is 0.690. The maximum absolute atomic E-state index is 14.2. The molecule has 1 aromatic rings. The van der Waals surface area contributed by atoms with E-state index in [1.165, 1.54) is 0 Å². The van der Waals surface area contributed by atoms with Crippen LogP contribution in [0.15, 0.2) is 24.3 Å². The maximum Gasteiger partial charge on any atom is 0.244 e. The highest BCUT2D eigenvalue weighted by atomic mass is 32.2. The molecule has 2 unspecified atom stereocenters. The first kappa shape index (κ1) is 28.7. The molecule has 2 bridgehead atoms. The summed E-state index contributed by atoms with van der Waals surface area (Å²) in [5.41, 5.74) is 0.645. The average molecular weight is 546 g/mol. The van der Waals surface area contributed by atoms with Gasteiger partial charge in [0.2, 0.25) is 17.7 Å². The minimum absolute atomic E-state index is 0.0384. The fourth-order valence-electron chi connectivity index (χ4n) is 6.75. The van der Waals surface area contributed by atoms with Gasteiger partial charge < -0.3 is 25.4 Å². The number of nitrogens with one attached hydrogen (secondary N) is 2. The van der Waals surface area contributed by atoms with Crippen LogP contribution in [0.25, 0.3) is 0 Å². The van der Waals surface area contributed by atoms with Gasteiger partial charge >= 0.3 is 0 Å². The van der Waals surface area contributed by atoms with Crippen molar-refractivity contribution in [3.05, 3.63) is 24.3 Å². The standard InChI is InChI=1S/C29H43N3O5S/c1-6-8-9-16-30-26(35)24-29-15-14-28(5,38-29)22(23(29)27(36)32(24)21(17-33)18(3)4)25(34)31-19-10-12-20(13-11-19)37-7-2/h10-13,18,21-24,33H,6-9,14-17H2,1-5H3,(H,30,35)(H,31,34)/t21-,22-,23-,24?,28+,29?/m0/s1. The summed E-state index contributed by atoms with van der Waals surface area (Å²) in [5, 5.41) is 16.4. The van der Waals surface area contributed by atoms with E-state index in [1.807, 2.05) is 32.9 Å². The lowest BCUT2D eigenvalue weighted by molar-refractivity contribution is -0.143. The van der Waals surface area contributed by atoms with Gasteiger partial charge in [0.1, 0.15) is 11.8 Å². The second-order valence-electron chi connectivity index (χ2n) is 11.4. The van der Waals surface area contributed by atoms with Crippen LogP contribution in [0, 0.1) is 17.8 Å². The molecule has 3 aliphatic heterocycles. The van der Waals surface area contributed by atoms with Gasteiger partial charge in [0, 0.05) is 17.0 Å². The van der Waals surface area contributed by atoms with E-state index in [4.69, 9.17) is 4.74 Å². The zero-order chi connectivity index (χ0) is 27.7. The molecule has 0 aromatic heterocycles. The first-order valence-electron chi connectivity index (χ1n) is 14.1. The van der Waals surface area contributed by atoms with E-state index in [0.29, 0.717) is 25.3 Å². The molecule has 210 valence electrons. The lowest BCUT2D eigenvalue weighted by Crippen LogP contribution is -2.57. The zero-order valence-corrected chi connectivity index (χ0v) is 24.1.